The molecule has 1 aromatic heterocycles. The second kappa shape index (κ2) is 10.6. The van der Waals surface area contributed by atoms with Crippen molar-refractivity contribution in [3.63, 3.8) is 0 Å². The van der Waals surface area contributed by atoms with Crippen LogP contribution in [0.15, 0.2) is 40.7 Å². The van der Waals surface area contributed by atoms with Crippen molar-refractivity contribution in [2.75, 3.05) is 6.54 Å². The number of sulfonamides is 1. The van der Waals surface area contributed by atoms with Crippen LogP contribution in [0.5, 0.6) is 0 Å². The molecule has 0 unspecified atom stereocenters. The Morgan fingerprint density at radius 2 is 1.79 bits per heavy atom. The van der Waals surface area contributed by atoms with Gasteiger partial charge >= 0.3 is 0 Å². The zero-order valence-electron chi connectivity index (χ0n) is 17.0. The van der Waals surface area contributed by atoms with Gasteiger partial charge < -0.3 is 10.6 Å². The summed E-state index contributed by atoms with van der Waals surface area (Å²) in [6, 6.07) is 9.56. The molecule has 0 aliphatic carbocycles. The second-order valence-corrected chi connectivity index (χ2v) is 9.68. The zero-order chi connectivity index (χ0) is 20.6. The average Bonchev–Trinajstić information content (AvgIpc) is 3.02. The molecular formula is C20H30N4O2S2. The van der Waals surface area contributed by atoms with Gasteiger partial charge in [-0.25, -0.2) is 18.1 Å². The van der Waals surface area contributed by atoms with Gasteiger partial charge in [0, 0.05) is 17.5 Å². The Kier molecular flexibility index (Phi) is 8.47. The predicted octanol–water partition coefficient (Wildman–Crippen LogP) is 3.14. The first kappa shape index (κ1) is 22.4. The molecule has 0 amide bonds. The molecule has 3 N–H and O–H groups in total. The molecule has 0 saturated heterocycles. The van der Waals surface area contributed by atoms with E-state index < -0.39 is 10.0 Å². The minimum atomic E-state index is -3.31. The largest absolute Gasteiger partial charge is 0.357 e. The summed E-state index contributed by atoms with van der Waals surface area (Å²) >= 11 is 1.73. The fourth-order valence-electron chi connectivity index (χ4n) is 2.62. The summed E-state index contributed by atoms with van der Waals surface area (Å²) in [5.74, 6) is 0.752. The van der Waals surface area contributed by atoms with E-state index in [1.165, 1.54) is 10.4 Å². The van der Waals surface area contributed by atoms with E-state index >= 15 is 0 Å². The van der Waals surface area contributed by atoms with Gasteiger partial charge in [-0.3, -0.25) is 0 Å². The Balaban J connectivity index is 1.95. The molecule has 0 spiro atoms. The van der Waals surface area contributed by atoms with Crippen LogP contribution in [0.4, 0.5) is 0 Å². The summed E-state index contributed by atoms with van der Waals surface area (Å²) in [6.07, 6.45) is 0. The maximum Gasteiger partial charge on any atom is 0.216 e. The number of benzene rings is 1. The summed E-state index contributed by atoms with van der Waals surface area (Å²) in [5.41, 5.74) is 3.08. The molecule has 0 aliphatic heterocycles. The third-order valence-corrected chi connectivity index (χ3v) is 6.51. The van der Waals surface area contributed by atoms with Crippen molar-refractivity contribution in [1.82, 2.24) is 15.4 Å². The van der Waals surface area contributed by atoms with Crippen LogP contribution in [0, 0.1) is 6.92 Å². The zero-order valence-corrected chi connectivity index (χ0v) is 18.6. The van der Waals surface area contributed by atoms with Gasteiger partial charge in [-0.1, -0.05) is 24.3 Å². The summed E-state index contributed by atoms with van der Waals surface area (Å²) in [6.45, 7) is 9.83. The molecule has 2 aromatic rings. The fourth-order valence-corrected chi connectivity index (χ4v) is 4.90. The molecule has 8 heteroatoms. The van der Waals surface area contributed by atoms with E-state index in [9.17, 15) is 8.42 Å². The Bertz CT molecular complexity index is 872. The summed E-state index contributed by atoms with van der Waals surface area (Å²) in [7, 11) is -3.31. The highest BCUT2D eigenvalue weighted by molar-refractivity contribution is 7.88. The number of hydrogen-bond donors (Lipinski definition) is 3. The highest BCUT2D eigenvalue weighted by Gasteiger charge is 2.12. The molecule has 6 nitrogen and oxygen atoms in total. The number of thiophene rings is 1. The first-order valence-electron chi connectivity index (χ1n) is 9.42. The lowest BCUT2D eigenvalue weighted by Crippen LogP contribution is -2.36. The molecule has 0 atom stereocenters. The van der Waals surface area contributed by atoms with Gasteiger partial charge in [-0.2, -0.15) is 0 Å². The number of hydrogen-bond acceptors (Lipinski definition) is 4. The van der Waals surface area contributed by atoms with Gasteiger partial charge in [0.05, 0.1) is 18.8 Å². The molecule has 0 aliphatic rings. The van der Waals surface area contributed by atoms with E-state index in [0.29, 0.717) is 6.54 Å². The Morgan fingerprint density at radius 1 is 1.11 bits per heavy atom. The van der Waals surface area contributed by atoms with Crippen LogP contribution < -0.4 is 15.4 Å². The third kappa shape index (κ3) is 7.61. The van der Waals surface area contributed by atoms with Crippen LogP contribution in [-0.4, -0.2) is 27.0 Å². The summed E-state index contributed by atoms with van der Waals surface area (Å²) < 4.78 is 26.7. The number of rotatable bonds is 9. The van der Waals surface area contributed by atoms with Crippen LogP contribution in [0.25, 0.3) is 0 Å². The maximum atomic E-state index is 12.0. The Morgan fingerprint density at radius 3 is 2.36 bits per heavy atom. The van der Waals surface area contributed by atoms with Crippen LogP contribution in [0.3, 0.4) is 0 Å². The molecule has 0 saturated carbocycles. The Hall–Kier alpha value is -1.90. The number of nitrogens with zero attached hydrogens (tertiary/aromatic N) is 1. The fraction of sp³-hybridized carbons (Fsp3) is 0.450. The predicted molar refractivity (Wildman–Crippen MR) is 118 cm³/mol. The van der Waals surface area contributed by atoms with E-state index in [4.69, 9.17) is 0 Å². The van der Waals surface area contributed by atoms with Crippen LogP contribution in [0.2, 0.25) is 0 Å². The molecule has 0 fully saturated rings. The standard InChI is InChI=1S/C20H30N4O2S2/c1-5-21-20(23-13-19-16(4)10-11-27-19)22-12-17-6-8-18(9-7-17)14-28(25,26)24-15(2)3/h6-11,15,24H,5,12-14H2,1-4H3,(H2,21,22,23). The SMILES string of the molecule is CCNC(=NCc1ccc(CS(=O)(=O)NC(C)C)cc1)NCc1sccc1C. The first-order valence-corrected chi connectivity index (χ1v) is 11.9. The lowest BCUT2D eigenvalue weighted by molar-refractivity contribution is 0.569. The molecule has 28 heavy (non-hydrogen) atoms. The van der Waals surface area contributed by atoms with Crippen molar-refractivity contribution in [3.05, 3.63) is 57.3 Å². The lowest BCUT2D eigenvalue weighted by Gasteiger charge is -2.11. The molecule has 1 heterocycles. The van der Waals surface area contributed by atoms with E-state index in [2.05, 4.69) is 38.7 Å². The minimum Gasteiger partial charge on any atom is -0.357 e. The highest BCUT2D eigenvalue weighted by Crippen LogP contribution is 2.14. The molecule has 0 radical (unpaired) electrons. The van der Waals surface area contributed by atoms with E-state index in [1.807, 2.05) is 45.0 Å². The van der Waals surface area contributed by atoms with Crippen molar-refractivity contribution >= 4 is 27.3 Å². The molecule has 1 aromatic carbocycles. The second-order valence-electron chi connectivity index (χ2n) is 6.92. The maximum absolute atomic E-state index is 12.0. The van der Waals surface area contributed by atoms with Crippen molar-refractivity contribution in [2.24, 2.45) is 4.99 Å². The number of guanidine groups is 1. The van der Waals surface area contributed by atoms with Gasteiger partial charge in [0.1, 0.15) is 0 Å². The van der Waals surface area contributed by atoms with Gasteiger partial charge in [0.25, 0.3) is 0 Å². The highest BCUT2D eigenvalue weighted by atomic mass is 32.2. The first-order chi connectivity index (χ1) is 13.3. The lowest BCUT2D eigenvalue weighted by atomic mass is 10.1. The van der Waals surface area contributed by atoms with Gasteiger partial charge in [0.2, 0.25) is 10.0 Å². The van der Waals surface area contributed by atoms with Gasteiger partial charge in [0.15, 0.2) is 5.96 Å². The minimum absolute atomic E-state index is 0.0148. The van der Waals surface area contributed by atoms with Crippen molar-refractivity contribution in [2.45, 2.75) is 52.6 Å². The topological polar surface area (TPSA) is 82.6 Å². The normalized spacial score (nSPS) is 12.4. The summed E-state index contributed by atoms with van der Waals surface area (Å²) in [4.78, 5) is 5.92. The smallest absolute Gasteiger partial charge is 0.216 e. The Labute approximate surface area is 172 Å². The van der Waals surface area contributed by atoms with Crippen molar-refractivity contribution in [3.8, 4) is 0 Å². The molecule has 154 valence electrons. The number of nitrogens with one attached hydrogen (secondary N) is 3. The number of aliphatic imine (C=N–C) groups is 1. The number of aryl methyl sites for hydroxylation is 1. The monoisotopic (exact) mass is 422 g/mol. The van der Waals surface area contributed by atoms with Crippen molar-refractivity contribution < 1.29 is 8.42 Å². The summed E-state index contributed by atoms with van der Waals surface area (Å²) in [5, 5.41) is 8.70. The van der Waals surface area contributed by atoms with Crippen LogP contribution >= 0.6 is 11.3 Å². The molecule has 2 rings (SSSR count). The van der Waals surface area contributed by atoms with Crippen LogP contribution in [0.1, 0.15) is 42.3 Å². The van der Waals surface area contributed by atoms with E-state index in [-0.39, 0.29) is 11.8 Å². The van der Waals surface area contributed by atoms with Crippen LogP contribution in [-0.2, 0) is 28.9 Å². The van der Waals surface area contributed by atoms with E-state index in [1.54, 1.807) is 11.3 Å². The van der Waals surface area contributed by atoms with E-state index in [0.717, 1.165) is 30.2 Å². The quantitative estimate of drug-likeness (QED) is 0.428. The molecular weight excluding hydrogens is 392 g/mol. The van der Waals surface area contributed by atoms with Crippen molar-refractivity contribution in [1.29, 1.82) is 0 Å². The average molecular weight is 423 g/mol. The van der Waals surface area contributed by atoms with Gasteiger partial charge in [-0.05, 0) is 55.8 Å². The third-order valence-electron chi connectivity index (χ3n) is 3.94. The molecule has 0 bridgehead atoms. The van der Waals surface area contributed by atoms with Gasteiger partial charge in [-0.15, -0.1) is 11.3 Å².